The van der Waals surface area contributed by atoms with Crippen LogP contribution in [0.3, 0.4) is 0 Å². The van der Waals surface area contributed by atoms with Gasteiger partial charge in [0.15, 0.2) is 0 Å². The summed E-state index contributed by atoms with van der Waals surface area (Å²) in [6.07, 6.45) is 6.97. The number of allylic oxidation sites excluding steroid dienone is 5. The van der Waals surface area contributed by atoms with E-state index in [1.54, 1.807) is 31.2 Å². The van der Waals surface area contributed by atoms with E-state index >= 15 is 0 Å². The molecule has 0 atom stereocenters. The standard InChI is InChI=1S/C8H9N/c1-3-4-5-6-8(2)7-9/h3-6H,1H2,2H3/b5-4-,8-6+. The van der Waals surface area contributed by atoms with E-state index in [-0.39, 0.29) is 0 Å². The van der Waals surface area contributed by atoms with Gasteiger partial charge in [-0.1, -0.05) is 24.8 Å². The Morgan fingerprint density at radius 1 is 1.56 bits per heavy atom. The summed E-state index contributed by atoms with van der Waals surface area (Å²) >= 11 is 0. The van der Waals surface area contributed by atoms with Crippen LogP contribution < -0.4 is 0 Å². The van der Waals surface area contributed by atoms with Crippen LogP contribution in [0.1, 0.15) is 6.92 Å². The summed E-state index contributed by atoms with van der Waals surface area (Å²) in [6, 6.07) is 2.00. The molecule has 1 nitrogen and oxygen atoms in total. The van der Waals surface area contributed by atoms with E-state index in [0.717, 1.165) is 0 Å². The first-order valence-electron chi connectivity index (χ1n) is 2.67. The lowest BCUT2D eigenvalue weighted by Crippen LogP contribution is -1.61. The molecular formula is C8H9N. The second kappa shape index (κ2) is 4.86. The second-order valence-electron chi connectivity index (χ2n) is 1.58. The number of nitrogens with zero attached hydrogens (tertiary/aromatic N) is 1. The summed E-state index contributed by atoms with van der Waals surface area (Å²) < 4.78 is 0. The number of rotatable bonds is 2. The maximum atomic E-state index is 8.26. The van der Waals surface area contributed by atoms with Crippen molar-refractivity contribution in [2.75, 3.05) is 0 Å². The summed E-state index contributed by atoms with van der Waals surface area (Å²) in [5.41, 5.74) is 0.702. The van der Waals surface area contributed by atoms with Gasteiger partial charge in [0.2, 0.25) is 0 Å². The van der Waals surface area contributed by atoms with Crippen LogP contribution in [-0.4, -0.2) is 0 Å². The Morgan fingerprint density at radius 3 is 2.67 bits per heavy atom. The van der Waals surface area contributed by atoms with E-state index < -0.39 is 0 Å². The molecule has 0 aromatic rings. The average Bonchev–Trinajstić information content (AvgIpc) is 1.89. The normalized spacial score (nSPS) is 11.3. The van der Waals surface area contributed by atoms with E-state index in [9.17, 15) is 0 Å². The monoisotopic (exact) mass is 119 g/mol. The van der Waals surface area contributed by atoms with E-state index in [1.807, 2.05) is 6.07 Å². The third-order valence-corrected chi connectivity index (χ3v) is 0.770. The summed E-state index contributed by atoms with van der Waals surface area (Å²) in [4.78, 5) is 0. The highest BCUT2D eigenvalue weighted by atomic mass is 14.2. The van der Waals surface area contributed by atoms with Gasteiger partial charge in [0.1, 0.15) is 0 Å². The molecule has 0 aromatic carbocycles. The van der Waals surface area contributed by atoms with Gasteiger partial charge in [-0.05, 0) is 13.0 Å². The Kier molecular flexibility index (Phi) is 4.16. The van der Waals surface area contributed by atoms with Gasteiger partial charge >= 0.3 is 0 Å². The fraction of sp³-hybridized carbons (Fsp3) is 0.125. The minimum Gasteiger partial charge on any atom is -0.193 e. The zero-order chi connectivity index (χ0) is 7.11. The van der Waals surface area contributed by atoms with E-state index in [2.05, 4.69) is 6.58 Å². The maximum Gasteiger partial charge on any atom is 0.0944 e. The fourth-order valence-corrected chi connectivity index (χ4v) is 0.316. The molecule has 1 heteroatoms. The van der Waals surface area contributed by atoms with Crippen LogP contribution in [0.4, 0.5) is 0 Å². The predicted molar refractivity (Wildman–Crippen MR) is 38.7 cm³/mol. The van der Waals surface area contributed by atoms with Gasteiger partial charge in [-0.3, -0.25) is 0 Å². The van der Waals surface area contributed by atoms with Crippen molar-refractivity contribution in [2.24, 2.45) is 0 Å². The van der Waals surface area contributed by atoms with Crippen molar-refractivity contribution >= 4 is 0 Å². The Balaban J connectivity index is 3.86. The van der Waals surface area contributed by atoms with Gasteiger partial charge in [0.25, 0.3) is 0 Å². The first-order valence-corrected chi connectivity index (χ1v) is 2.67. The Hall–Kier alpha value is -1.29. The molecular weight excluding hydrogens is 110 g/mol. The smallest absolute Gasteiger partial charge is 0.0944 e. The number of hydrogen-bond acceptors (Lipinski definition) is 1. The molecule has 0 rings (SSSR count). The van der Waals surface area contributed by atoms with Gasteiger partial charge in [0.05, 0.1) is 6.07 Å². The molecule has 46 valence electrons. The van der Waals surface area contributed by atoms with Crippen LogP contribution >= 0.6 is 0 Å². The zero-order valence-electron chi connectivity index (χ0n) is 5.46. The molecule has 0 N–H and O–H groups in total. The van der Waals surface area contributed by atoms with Crippen LogP contribution in [0.25, 0.3) is 0 Å². The van der Waals surface area contributed by atoms with Gasteiger partial charge in [-0.2, -0.15) is 5.26 Å². The van der Waals surface area contributed by atoms with Crippen LogP contribution in [0.5, 0.6) is 0 Å². The predicted octanol–water partition coefficient (Wildman–Crippen LogP) is 2.20. The van der Waals surface area contributed by atoms with Crippen molar-refractivity contribution in [3.8, 4) is 6.07 Å². The summed E-state index contributed by atoms with van der Waals surface area (Å²) in [7, 11) is 0. The lowest BCUT2D eigenvalue weighted by molar-refractivity contribution is 1.44. The molecule has 0 spiro atoms. The average molecular weight is 119 g/mol. The number of nitriles is 1. The molecule has 0 heterocycles. The van der Waals surface area contributed by atoms with Crippen LogP contribution in [-0.2, 0) is 0 Å². The molecule has 0 aliphatic rings. The Bertz CT molecular complexity index is 179. The molecule has 0 aromatic heterocycles. The Morgan fingerprint density at radius 2 is 2.22 bits per heavy atom. The Labute approximate surface area is 55.6 Å². The minimum absolute atomic E-state index is 0.702. The molecule has 0 fully saturated rings. The summed E-state index contributed by atoms with van der Waals surface area (Å²) in [6.45, 7) is 5.24. The zero-order valence-corrected chi connectivity index (χ0v) is 5.46. The van der Waals surface area contributed by atoms with Crippen LogP contribution in [0, 0.1) is 11.3 Å². The van der Waals surface area contributed by atoms with Crippen molar-refractivity contribution in [2.45, 2.75) is 6.92 Å². The van der Waals surface area contributed by atoms with Crippen molar-refractivity contribution in [1.82, 2.24) is 0 Å². The molecule has 0 radical (unpaired) electrons. The van der Waals surface area contributed by atoms with Crippen molar-refractivity contribution in [3.63, 3.8) is 0 Å². The van der Waals surface area contributed by atoms with Gasteiger partial charge in [-0.15, -0.1) is 0 Å². The molecule has 0 unspecified atom stereocenters. The van der Waals surface area contributed by atoms with Gasteiger partial charge in [0, 0.05) is 5.57 Å². The number of hydrogen-bond donors (Lipinski definition) is 0. The lowest BCUT2D eigenvalue weighted by atomic mass is 10.3. The second-order valence-corrected chi connectivity index (χ2v) is 1.58. The van der Waals surface area contributed by atoms with E-state index in [0.29, 0.717) is 5.57 Å². The molecule has 0 saturated carbocycles. The molecule has 9 heavy (non-hydrogen) atoms. The summed E-state index contributed by atoms with van der Waals surface area (Å²) in [5.74, 6) is 0. The van der Waals surface area contributed by atoms with Crippen molar-refractivity contribution in [3.05, 3.63) is 36.5 Å². The largest absolute Gasteiger partial charge is 0.193 e. The molecule has 0 saturated heterocycles. The topological polar surface area (TPSA) is 23.8 Å². The molecule has 0 aliphatic carbocycles. The summed E-state index contributed by atoms with van der Waals surface area (Å²) in [5, 5.41) is 8.26. The molecule has 0 amide bonds. The first-order chi connectivity index (χ1) is 4.31. The van der Waals surface area contributed by atoms with Crippen molar-refractivity contribution in [1.29, 1.82) is 5.26 Å². The van der Waals surface area contributed by atoms with E-state index in [4.69, 9.17) is 5.26 Å². The molecule has 0 aliphatic heterocycles. The molecule has 0 bridgehead atoms. The van der Waals surface area contributed by atoms with Crippen LogP contribution in [0.15, 0.2) is 36.5 Å². The quantitative estimate of drug-likeness (QED) is 0.404. The van der Waals surface area contributed by atoms with Crippen LogP contribution in [0.2, 0.25) is 0 Å². The first kappa shape index (κ1) is 7.71. The SMILES string of the molecule is C=C/C=C\C=C(/C)C#N. The highest BCUT2D eigenvalue weighted by Gasteiger charge is 1.74. The third-order valence-electron chi connectivity index (χ3n) is 0.770. The highest BCUT2D eigenvalue weighted by Crippen LogP contribution is 1.88. The van der Waals surface area contributed by atoms with E-state index in [1.165, 1.54) is 0 Å². The maximum absolute atomic E-state index is 8.26. The minimum atomic E-state index is 0.702. The highest BCUT2D eigenvalue weighted by molar-refractivity contribution is 5.24. The lowest BCUT2D eigenvalue weighted by Gasteiger charge is -1.75. The fourth-order valence-electron chi connectivity index (χ4n) is 0.316. The van der Waals surface area contributed by atoms with Crippen molar-refractivity contribution < 1.29 is 0 Å². The van der Waals surface area contributed by atoms with Gasteiger partial charge in [-0.25, -0.2) is 0 Å². The van der Waals surface area contributed by atoms with Gasteiger partial charge < -0.3 is 0 Å². The third kappa shape index (κ3) is 4.57.